The van der Waals surface area contributed by atoms with Crippen LogP contribution in [0.1, 0.15) is 13.8 Å². The minimum absolute atomic E-state index is 0.126. The number of carbonyl (C=O) groups is 2. The lowest BCUT2D eigenvalue weighted by Gasteiger charge is -2.35. The average molecular weight is 435 g/mol. The monoisotopic (exact) mass is 434 g/mol. The number of anilines is 4. The van der Waals surface area contributed by atoms with Gasteiger partial charge in [0.2, 0.25) is 11.9 Å². The smallest absolute Gasteiger partial charge is 0.320 e. The zero-order valence-electron chi connectivity index (χ0n) is 18.1. The number of benzene rings is 1. The summed E-state index contributed by atoms with van der Waals surface area (Å²) in [5, 5.41) is 9.32. The molecule has 0 bridgehead atoms. The van der Waals surface area contributed by atoms with Gasteiger partial charge in [0.1, 0.15) is 5.82 Å². The van der Waals surface area contributed by atoms with Gasteiger partial charge in [-0.3, -0.25) is 10.1 Å². The fraction of sp³-hybridized carbons (Fsp3) is 0.318. The standard InChI is InChI=1S/C22H26N8O2/c1-3-23-22(32)27-19-9-4-16-14-24-21(28-20(16)26-19)25-17-5-7-18(8-6-17)30-12-10-29(11-13-30)15(2)31/h4-9,14H,3,10-13H2,1-2H3,(H3,23,24,25,26,27,28,32). The number of rotatable bonds is 5. The van der Waals surface area contributed by atoms with Gasteiger partial charge in [0.25, 0.3) is 0 Å². The highest BCUT2D eigenvalue weighted by Crippen LogP contribution is 2.22. The molecule has 10 nitrogen and oxygen atoms in total. The summed E-state index contributed by atoms with van der Waals surface area (Å²) in [6.07, 6.45) is 1.69. The van der Waals surface area contributed by atoms with Crippen LogP contribution < -0.4 is 20.9 Å². The molecule has 0 aliphatic carbocycles. The molecule has 3 N–H and O–H groups in total. The van der Waals surface area contributed by atoms with Crippen molar-refractivity contribution in [2.75, 3.05) is 48.3 Å². The zero-order chi connectivity index (χ0) is 22.5. The quantitative estimate of drug-likeness (QED) is 0.565. The molecule has 166 valence electrons. The molecule has 4 rings (SSSR count). The second-order valence-corrected chi connectivity index (χ2v) is 7.45. The highest BCUT2D eigenvalue weighted by atomic mass is 16.2. The van der Waals surface area contributed by atoms with E-state index >= 15 is 0 Å². The molecule has 1 saturated heterocycles. The van der Waals surface area contributed by atoms with Crippen LogP contribution in [0.2, 0.25) is 0 Å². The highest BCUT2D eigenvalue weighted by molar-refractivity contribution is 5.89. The summed E-state index contributed by atoms with van der Waals surface area (Å²) in [5.41, 5.74) is 2.45. The molecule has 3 amide bonds. The second kappa shape index (κ2) is 9.46. The fourth-order valence-electron chi connectivity index (χ4n) is 3.52. The van der Waals surface area contributed by atoms with Gasteiger partial charge in [-0.1, -0.05) is 0 Å². The predicted molar refractivity (Wildman–Crippen MR) is 124 cm³/mol. The predicted octanol–water partition coefficient (Wildman–Crippen LogP) is 2.58. The summed E-state index contributed by atoms with van der Waals surface area (Å²) >= 11 is 0. The molecule has 10 heteroatoms. The Labute approximate surface area is 186 Å². The number of hydrogen-bond donors (Lipinski definition) is 3. The Morgan fingerprint density at radius 1 is 1.00 bits per heavy atom. The minimum Gasteiger partial charge on any atom is -0.368 e. The zero-order valence-corrected chi connectivity index (χ0v) is 18.1. The van der Waals surface area contributed by atoms with Crippen LogP contribution in [0, 0.1) is 0 Å². The third kappa shape index (κ3) is 5.02. The number of hydrogen-bond acceptors (Lipinski definition) is 7. The molecule has 3 aromatic rings. The number of aromatic nitrogens is 3. The molecule has 0 unspecified atom stereocenters. The summed E-state index contributed by atoms with van der Waals surface area (Å²) in [4.78, 5) is 40.6. The molecule has 0 spiro atoms. The molecule has 0 atom stereocenters. The van der Waals surface area contributed by atoms with Crippen LogP contribution in [0.25, 0.3) is 11.0 Å². The first kappa shape index (κ1) is 21.3. The van der Waals surface area contributed by atoms with E-state index in [4.69, 9.17) is 0 Å². The van der Waals surface area contributed by atoms with Gasteiger partial charge in [0.15, 0.2) is 5.65 Å². The molecule has 1 aromatic carbocycles. The molecule has 1 aliphatic heterocycles. The van der Waals surface area contributed by atoms with Crippen molar-refractivity contribution in [2.24, 2.45) is 0 Å². The van der Waals surface area contributed by atoms with Crippen molar-refractivity contribution in [3.63, 3.8) is 0 Å². The first-order valence-electron chi connectivity index (χ1n) is 10.6. The first-order valence-corrected chi connectivity index (χ1v) is 10.6. The van der Waals surface area contributed by atoms with Gasteiger partial charge in [-0.25, -0.2) is 14.8 Å². The normalized spacial score (nSPS) is 13.7. The van der Waals surface area contributed by atoms with Gasteiger partial charge < -0.3 is 20.4 Å². The molecule has 1 fully saturated rings. The number of piperazine rings is 1. The van der Waals surface area contributed by atoms with Crippen LogP contribution in [-0.2, 0) is 4.79 Å². The van der Waals surface area contributed by atoms with Crippen molar-refractivity contribution in [3.8, 4) is 0 Å². The van der Waals surface area contributed by atoms with Gasteiger partial charge in [-0.05, 0) is 43.3 Å². The molecule has 3 heterocycles. The van der Waals surface area contributed by atoms with Gasteiger partial charge in [0.05, 0.1) is 0 Å². The van der Waals surface area contributed by atoms with Crippen LogP contribution in [0.4, 0.5) is 27.9 Å². The molecular formula is C22H26N8O2. The maximum atomic E-state index is 11.7. The van der Waals surface area contributed by atoms with E-state index in [0.29, 0.717) is 24.0 Å². The van der Waals surface area contributed by atoms with Crippen molar-refractivity contribution in [2.45, 2.75) is 13.8 Å². The van der Waals surface area contributed by atoms with E-state index in [-0.39, 0.29) is 11.9 Å². The van der Waals surface area contributed by atoms with E-state index in [2.05, 4.69) is 35.8 Å². The summed E-state index contributed by atoms with van der Waals surface area (Å²) in [5.74, 6) is 0.964. The summed E-state index contributed by atoms with van der Waals surface area (Å²) in [6, 6.07) is 11.2. The number of amides is 3. The van der Waals surface area contributed by atoms with Crippen LogP contribution >= 0.6 is 0 Å². The lowest BCUT2D eigenvalue weighted by Crippen LogP contribution is -2.48. The van der Waals surface area contributed by atoms with Crippen molar-refractivity contribution < 1.29 is 9.59 Å². The van der Waals surface area contributed by atoms with Crippen molar-refractivity contribution >= 4 is 46.1 Å². The fourth-order valence-corrected chi connectivity index (χ4v) is 3.52. The minimum atomic E-state index is -0.311. The number of urea groups is 1. The lowest BCUT2D eigenvalue weighted by atomic mass is 10.2. The maximum absolute atomic E-state index is 11.7. The largest absolute Gasteiger partial charge is 0.368 e. The Kier molecular flexibility index (Phi) is 6.29. The summed E-state index contributed by atoms with van der Waals surface area (Å²) in [7, 11) is 0. The van der Waals surface area contributed by atoms with E-state index < -0.39 is 0 Å². The third-order valence-corrected chi connectivity index (χ3v) is 5.24. The number of fused-ring (bicyclic) bond motifs is 1. The van der Waals surface area contributed by atoms with E-state index in [1.54, 1.807) is 19.2 Å². The molecular weight excluding hydrogens is 408 g/mol. The number of nitrogens with zero attached hydrogens (tertiary/aromatic N) is 5. The summed E-state index contributed by atoms with van der Waals surface area (Å²) in [6.45, 7) is 7.11. The molecule has 2 aromatic heterocycles. The van der Waals surface area contributed by atoms with Crippen LogP contribution in [0.15, 0.2) is 42.6 Å². The average Bonchev–Trinajstić information content (AvgIpc) is 2.79. The van der Waals surface area contributed by atoms with E-state index in [0.717, 1.165) is 42.9 Å². The molecule has 32 heavy (non-hydrogen) atoms. The van der Waals surface area contributed by atoms with Crippen LogP contribution in [-0.4, -0.2) is 64.5 Å². The van der Waals surface area contributed by atoms with Gasteiger partial charge in [-0.2, -0.15) is 4.98 Å². The van der Waals surface area contributed by atoms with Gasteiger partial charge in [-0.15, -0.1) is 0 Å². The maximum Gasteiger partial charge on any atom is 0.320 e. The molecule has 0 saturated carbocycles. The number of carbonyl (C=O) groups excluding carboxylic acids is 2. The Morgan fingerprint density at radius 3 is 2.44 bits per heavy atom. The lowest BCUT2D eigenvalue weighted by molar-refractivity contribution is -0.129. The van der Waals surface area contributed by atoms with Crippen LogP contribution in [0.5, 0.6) is 0 Å². The van der Waals surface area contributed by atoms with Crippen molar-refractivity contribution in [1.29, 1.82) is 0 Å². The first-order chi connectivity index (χ1) is 15.5. The van der Waals surface area contributed by atoms with Crippen molar-refractivity contribution in [3.05, 3.63) is 42.6 Å². The Balaban J connectivity index is 1.42. The Morgan fingerprint density at radius 2 is 1.75 bits per heavy atom. The van der Waals surface area contributed by atoms with E-state index in [1.165, 1.54) is 0 Å². The number of nitrogens with one attached hydrogen (secondary N) is 3. The van der Waals surface area contributed by atoms with E-state index in [1.807, 2.05) is 42.2 Å². The third-order valence-electron chi connectivity index (χ3n) is 5.24. The topological polar surface area (TPSA) is 115 Å². The SMILES string of the molecule is CCNC(=O)Nc1ccc2cnc(Nc3ccc(N4CCN(C(C)=O)CC4)cc3)nc2n1. The summed E-state index contributed by atoms with van der Waals surface area (Å²) < 4.78 is 0. The second-order valence-electron chi connectivity index (χ2n) is 7.45. The van der Waals surface area contributed by atoms with Gasteiger partial charge >= 0.3 is 6.03 Å². The van der Waals surface area contributed by atoms with Gasteiger partial charge in [0, 0.05) is 62.6 Å². The van der Waals surface area contributed by atoms with Crippen molar-refractivity contribution in [1.82, 2.24) is 25.2 Å². The highest BCUT2D eigenvalue weighted by Gasteiger charge is 2.18. The molecule has 1 aliphatic rings. The Bertz CT molecular complexity index is 1110. The number of pyridine rings is 1. The Hall–Kier alpha value is -3.95. The van der Waals surface area contributed by atoms with E-state index in [9.17, 15) is 9.59 Å². The van der Waals surface area contributed by atoms with Crippen LogP contribution in [0.3, 0.4) is 0 Å². The molecule has 0 radical (unpaired) electrons.